The molecule has 0 spiro atoms. The van der Waals surface area contributed by atoms with Crippen molar-refractivity contribution in [3.8, 4) is 0 Å². The molecule has 0 bridgehead atoms. The maximum absolute atomic E-state index is 10.4. The van der Waals surface area contributed by atoms with E-state index in [1.54, 1.807) is 4.90 Å². The van der Waals surface area contributed by atoms with Crippen molar-refractivity contribution in [2.75, 3.05) is 13.1 Å². The number of carbonyl (C=O) groups excluding carboxylic acids is 1. The van der Waals surface area contributed by atoms with Crippen molar-refractivity contribution < 1.29 is 4.79 Å². The molecular formula is C5H11NNaOS. The number of thiol groups is 1. The maximum atomic E-state index is 10.4. The molecule has 0 saturated heterocycles. The van der Waals surface area contributed by atoms with Gasteiger partial charge in [-0.1, -0.05) is 12.6 Å². The van der Waals surface area contributed by atoms with E-state index in [4.69, 9.17) is 0 Å². The van der Waals surface area contributed by atoms with Gasteiger partial charge in [0.1, 0.15) is 0 Å². The van der Waals surface area contributed by atoms with Crippen LogP contribution in [0.1, 0.15) is 13.8 Å². The van der Waals surface area contributed by atoms with Gasteiger partial charge in [-0.25, -0.2) is 0 Å². The van der Waals surface area contributed by atoms with Gasteiger partial charge in [0.25, 0.3) is 5.24 Å². The molecule has 4 heteroatoms. The summed E-state index contributed by atoms with van der Waals surface area (Å²) >= 11 is 3.64. The monoisotopic (exact) mass is 156 g/mol. The molecule has 1 radical (unpaired) electrons. The molecule has 0 rings (SSSR count). The molecule has 0 aliphatic rings. The minimum absolute atomic E-state index is 0. The molecule has 2 nitrogen and oxygen atoms in total. The molecule has 0 saturated carbocycles. The molecule has 0 fully saturated rings. The number of amides is 1. The molecule has 0 unspecified atom stereocenters. The molecule has 0 aromatic carbocycles. The first-order valence-electron chi connectivity index (χ1n) is 2.70. The van der Waals surface area contributed by atoms with Crippen LogP contribution in [0, 0.1) is 0 Å². The first kappa shape index (κ1) is 12.5. The molecule has 0 aliphatic heterocycles. The molecule has 9 heavy (non-hydrogen) atoms. The van der Waals surface area contributed by atoms with E-state index in [1.807, 2.05) is 13.8 Å². The van der Waals surface area contributed by atoms with E-state index in [2.05, 4.69) is 12.6 Å². The van der Waals surface area contributed by atoms with Gasteiger partial charge in [0.15, 0.2) is 0 Å². The molecular weight excluding hydrogens is 145 g/mol. The third-order valence-electron chi connectivity index (χ3n) is 1.03. The van der Waals surface area contributed by atoms with E-state index in [-0.39, 0.29) is 34.8 Å². The fraction of sp³-hybridized carbons (Fsp3) is 0.800. The molecule has 0 aromatic rings. The summed E-state index contributed by atoms with van der Waals surface area (Å²) in [6.45, 7) is 5.35. The summed E-state index contributed by atoms with van der Waals surface area (Å²) in [6, 6.07) is 0. The SMILES string of the molecule is CCN(CC)C(=O)S.[Na]. The van der Waals surface area contributed by atoms with E-state index < -0.39 is 0 Å². The van der Waals surface area contributed by atoms with E-state index in [9.17, 15) is 4.79 Å². The Bertz CT molecular complexity index is 85.0. The van der Waals surface area contributed by atoms with Gasteiger partial charge in [-0.05, 0) is 13.8 Å². The summed E-state index contributed by atoms with van der Waals surface area (Å²) < 4.78 is 0. The van der Waals surface area contributed by atoms with Gasteiger partial charge in [0.05, 0.1) is 0 Å². The first-order valence-corrected chi connectivity index (χ1v) is 3.15. The Labute approximate surface area is 83.7 Å². The van der Waals surface area contributed by atoms with Crippen molar-refractivity contribution in [2.45, 2.75) is 13.8 Å². The molecule has 49 valence electrons. The van der Waals surface area contributed by atoms with Crippen molar-refractivity contribution in [1.29, 1.82) is 0 Å². The number of hydrogen-bond donors (Lipinski definition) is 1. The molecule has 0 aromatic heterocycles. The first-order chi connectivity index (χ1) is 3.72. The normalized spacial score (nSPS) is 7.89. The largest absolute Gasteiger partial charge is 0.334 e. The van der Waals surface area contributed by atoms with E-state index >= 15 is 0 Å². The quantitative estimate of drug-likeness (QED) is 0.467. The average molecular weight is 156 g/mol. The molecule has 0 aliphatic carbocycles. The predicted octanol–water partition coefficient (Wildman–Crippen LogP) is 0.997. The predicted molar refractivity (Wildman–Crippen MR) is 43.1 cm³/mol. The van der Waals surface area contributed by atoms with Crippen molar-refractivity contribution in [3.05, 3.63) is 0 Å². The van der Waals surface area contributed by atoms with E-state index in [1.165, 1.54) is 0 Å². The van der Waals surface area contributed by atoms with Crippen LogP contribution < -0.4 is 0 Å². The Morgan fingerprint density at radius 3 is 1.78 bits per heavy atom. The van der Waals surface area contributed by atoms with Gasteiger partial charge in [0, 0.05) is 42.6 Å². The second-order valence-electron chi connectivity index (χ2n) is 1.45. The van der Waals surface area contributed by atoms with Crippen LogP contribution in [-0.4, -0.2) is 52.8 Å². The molecule has 0 heterocycles. The summed E-state index contributed by atoms with van der Waals surface area (Å²) in [4.78, 5) is 12.0. The van der Waals surface area contributed by atoms with Crippen LogP contribution in [0.3, 0.4) is 0 Å². The Balaban J connectivity index is 0. The van der Waals surface area contributed by atoms with Crippen LogP contribution >= 0.6 is 12.6 Å². The third kappa shape index (κ3) is 5.27. The van der Waals surface area contributed by atoms with Gasteiger partial charge in [-0.15, -0.1) is 0 Å². The van der Waals surface area contributed by atoms with Crippen LogP contribution in [0.4, 0.5) is 4.79 Å². The maximum Gasteiger partial charge on any atom is 0.278 e. The molecule has 0 atom stereocenters. The fourth-order valence-electron chi connectivity index (χ4n) is 0.494. The van der Waals surface area contributed by atoms with Crippen molar-refractivity contribution in [3.63, 3.8) is 0 Å². The second-order valence-corrected chi connectivity index (χ2v) is 1.84. The van der Waals surface area contributed by atoms with Crippen molar-refractivity contribution in [1.82, 2.24) is 4.90 Å². The third-order valence-corrected chi connectivity index (χ3v) is 1.32. The Morgan fingerprint density at radius 2 is 1.78 bits per heavy atom. The smallest absolute Gasteiger partial charge is 0.278 e. The van der Waals surface area contributed by atoms with Gasteiger partial charge in [-0.2, -0.15) is 0 Å². The zero-order valence-corrected chi connectivity index (χ0v) is 9.11. The number of nitrogens with zero attached hydrogens (tertiary/aromatic N) is 1. The Morgan fingerprint density at radius 1 is 1.44 bits per heavy atom. The summed E-state index contributed by atoms with van der Waals surface area (Å²) in [7, 11) is 0. The minimum Gasteiger partial charge on any atom is -0.334 e. The second kappa shape index (κ2) is 6.93. The fourth-order valence-corrected chi connectivity index (χ4v) is 0.777. The van der Waals surface area contributed by atoms with E-state index in [0.29, 0.717) is 0 Å². The van der Waals surface area contributed by atoms with Gasteiger partial charge in [0.2, 0.25) is 0 Å². The summed E-state index contributed by atoms with van der Waals surface area (Å²) in [5.41, 5.74) is 0. The zero-order valence-electron chi connectivity index (χ0n) is 6.22. The minimum atomic E-state index is -0.144. The van der Waals surface area contributed by atoms with Gasteiger partial charge < -0.3 is 4.90 Å². The zero-order chi connectivity index (χ0) is 6.57. The van der Waals surface area contributed by atoms with Crippen molar-refractivity contribution >= 4 is 47.4 Å². The van der Waals surface area contributed by atoms with Gasteiger partial charge >= 0.3 is 0 Å². The average Bonchev–Trinajstić information content (AvgIpc) is 1.69. The summed E-state index contributed by atoms with van der Waals surface area (Å²) in [5, 5.41) is -0.144. The van der Waals surface area contributed by atoms with Crippen LogP contribution in [0.5, 0.6) is 0 Å². The number of carbonyl (C=O) groups is 1. The van der Waals surface area contributed by atoms with Crippen LogP contribution in [-0.2, 0) is 0 Å². The van der Waals surface area contributed by atoms with Crippen molar-refractivity contribution in [2.24, 2.45) is 0 Å². The Kier molecular flexibility index (Phi) is 9.62. The number of hydrogen-bond acceptors (Lipinski definition) is 1. The van der Waals surface area contributed by atoms with E-state index in [0.717, 1.165) is 13.1 Å². The van der Waals surface area contributed by atoms with Crippen LogP contribution in [0.15, 0.2) is 0 Å². The Hall–Kier alpha value is 0.820. The summed E-state index contributed by atoms with van der Waals surface area (Å²) in [5.74, 6) is 0. The standard InChI is InChI=1S/C5H11NOS.Na/c1-3-6(4-2)5(7)8;/h3-4H2,1-2H3,(H,7,8);. The molecule has 0 N–H and O–H groups in total. The summed E-state index contributed by atoms with van der Waals surface area (Å²) in [6.07, 6.45) is 0. The molecule has 1 amide bonds. The number of rotatable bonds is 2. The van der Waals surface area contributed by atoms with Gasteiger partial charge in [-0.3, -0.25) is 4.79 Å². The van der Waals surface area contributed by atoms with Crippen LogP contribution in [0.25, 0.3) is 0 Å². The topological polar surface area (TPSA) is 20.3 Å². The van der Waals surface area contributed by atoms with Crippen LogP contribution in [0.2, 0.25) is 0 Å².